The van der Waals surface area contributed by atoms with Crippen molar-refractivity contribution >= 4 is 18.3 Å². The second-order valence-electron chi connectivity index (χ2n) is 8.95. The fourth-order valence-corrected chi connectivity index (χ4v) is 2.74. The van der Waals surface area contributed by atoms with E-state index in [0.717, 1.165) is 12.0 Å². The molecule has 2 N–H and O–H groups in total. The van der Waals surface area contributed by atoms with E-state index in [1.165, 1.54) is 37.6 Å². The van der Waals surface area contributed by atoms with E-state index >= 15 is 0 Å². The number of likely N-dealkylation sites (N-methyl/N-ethyl adjacent to an activating group) is 1. The largest absolute Gasteiger partial charge is 0.478 e. The molecule has 0 aromatic carbocycles. The summed E-state index contributed by atoms with van der Waals surface area (Å²) in [5.41, 5.74) is 0.191. The molecule has 1 aliphatic rings. The summed E-state index contributed by atoms with van der Waals surface area (Å²) in [6, 6.07) is 0.519. The number of amides is 2. The van der Waals surface area contributed by atoms with Gasteiger partial charge in [-0.1, -0.05) is 47.1 Å². The summed E-state index contributed by atoms with van der Waals surface area (Å²) in [6.07, 6.45) is 6.24. The minimum absolute atomic E-state index is 0.0736. The SMILES string of the molecule is C/C(=C\[C@H](C(C)C)N(C)C(=O)CNC=O)C(=O)O.CC(C)C.C[C@H]1CCCCN1C. The van der Waals surface area contributed by atoms with Gasteiger partial charge in [-0.3, -0.25) is 9.59 Å². The van der Waals surface area contributed by atoms with E-state index in [-0.39, 0.29) is 30.0 Å². The van der Waals surface area contributed by atoms with E-state index in [0.29, 0.717) is 6.41 Å². The lowest BCUT2D eigenvalue weighted by atomic mass is 10.00. The maximum atomic E-state index is 11.7. The molecule has 0 aliphatic carbocycles. The Labute approximate surface area is 183 Å². The summed E-state index contributed by atoms with van der Waals surface area (Å²) in [6.45, 7) is 15.3. The van der Waals surface area contributed by atoms with Crippen LogP contribution in [-0.2, 0) is 14.4 Å². The van der Waals surface area contributed by atoms with Crippen molar-refractivity contribution in [3.8, 4) is 0 Å². The molecule has 0 unspecified atom stereocenters. The highest BCUT2D eigenvalue weighted by atomic mass is 16.4. The molecule has 0 saturated carbocycles. The van der Waals surface area contributed by atoms with Crippen LogP contribution in [0.1, 0.15) is 67.7 Å². The van der Waals surface area contributed by atoms with Crippen LogP contribution in [0, 0.1) is 11.8 Å². The standard InChI is InChI=1S/C12H20N2O4.C7H15N.C4H10/c1-8(2)10(5-9(3)12(17)18)14(4)11(16)6-13-7-15;1-7-5-3-4-6-8(7)2;1-4(2)3/h5,7-8,10H,6H2,1-4H3,(H,13,15)(H,17,18);7H,3-6H2,1-2H3;4H,1-3H3/b9-5+;;/t10-;7-;/m10./s1. The molecule has 0 spiro atoms. The van der Waals surface area contributed by atoms with E-state index < -0.39 is 5.97 Å². The molecule has 176 valence electrons. The van der Waals surface area contributed by atoms with Gasteiger partial charge in [0.05, 0.1) is 12.6 Å². The molecular weight excluding hydrogens is 382 g/mol. The lowest BCUT2D eigenvalue weighted by Gasteiger charge is -2.29. The first-order valence-electron chi connectivity index (χ1n) is 10.9. The quantitative estimate of drug-likeness (QED) is 0.480. The van der Waals surface area contributed by atoms with Gasteiger partial charge in [-0.15, -0.1) is 0 Å². The first-order valence-corrected chi connectivity index (χ1v) is 10.9. The molecule has 7 nitrogen and oxygen atoms in total. The van der Waals surface area contributed by atoms with Crippen molar-refractivity contribution in [1.82, 2.24) is 15.1 Å². The van der Waals surface area contributed by atoms with Crippen molar-refractivity contribution in [2.75, 3.05) is 27.2 Å². The van der Waals surface area contributed by atoms with Crippen LogP contribution < -0.4 is 5.32 Å². The monoisotopic (exact) mass is 427 g/mol. The van der Waals surface area contributed by atoms with Crippen LogP contribution in [-0.4, -0.2) is 72.5 Å². The Bertz CT molecular complexity index is 520. The Morgan fingerprint density at radius 3 is 2.07 bits per heavy atom. The Kier molecular flexibility index (Phi) is 17.0. The highest BCUT2D eigenvalue weighted by molar-refractivity contribution is 5.86. The zero-order chi connectivity index (χ0) is 23.9. The van der Waals surface area contributed by atoms with Gasteiger partial charge >= 0.3 is 5.97 Å². The third kappa shape index (κ3) is 15.0. The summed E-state index contributed by atoms with van der Waals surface area (Å²) in [5.74, 6) is -0.368. The number of nitrogens with zero attached hydrogens (tertiary/aromatic N) is 2. The van der Waals surface area contributed by atoms with Gasteiger partial charge < -0.3 is 20.2 Å². The molecule has 0 aromatic heterocycles. The molecule has 1 saturated heterocycles. The second kappa shape index (κ2) is 16.9. The topological polar surface area (TPSA) is 90.0 Å². The van der Waals surface area contributed by atoms with Gasteiger partial charge in [-0.25, -0.2) is 4.79 Å². The van der Waals surface area contributed by atoms with E-state index in [4.69, 9.17) is 5.11 Å². The fourth-order valence-electron chi connectivity index (χ4n) is 2.74. The highest BCUT2D eigenvalue weighted by Gasteiger charge is 2.21. The molecule has 2 amide bonds. The van der Waals surface area contributed by atoms with E-state index in [9.17, 15) is 14.4 Å². The van der Waals surface area contributed by atoms with Gasteiger partial charge in [0.15, 0.2) is 0 Å². The number of carbonyl (C=O) groups excluding carboxylic acids is 2. The second-order valence-corrected chi connectivity index (χ2v) is 8.95. The van der Waals surface area contributed by atoms with Crippen molar-refractivity contribution in [2.24, 2.45) is 11.8 Å². The van der Waals surface area contributed by atoms with Gasteiger partial charge in [0.2, 0.25) is 12.3 Å². The molecular formula is C23H45N3O4. The number of piperidine rings is 1. The molecule has 1 heterocycles. The number of nitrogens with one attached hydrogen (secondary N) is 1. The fraction of sp³-hybridized carbons (Fsp3) is 0.783. The van der Waals surface area contributed by atoms with Crippen LogP contribution in [0.5, 0.6) is 0 Å². The smallest absolute Gasteiger partial charge is 0.331 e. The third-order valence-corrected chi connectivity index (χ3v) is 4.75. The zero-order valence-corrected chi connectivity index (χ0v) is 20.6. The number of hydrogen-bond donors (Lipinski definition) is 2. The van der Waals surface area contributed by atoms with Crippen LogP contribution in [0.25, 0.3) is 0 Å². The first kappa shape index (κ1) is 30.3. The number of likely N-dealkylation sites (tertiary alicyclic amines) is 1. The van der Waals surface area contributed by atoms with Crippen molar-refractivity contribution in [3.05, 3.63) is 11.6 Å². The third-order valence-electron chi connectivity index (χ3n) is 4.75. The van der Waals surface area contributed by atoms with Crippen molar-refractivity contribution in [2.45, 2.75) is 79.8 Å². The number of aliphatic carboxylic acids is 1. The summed E-state index contributed by atoms with van der Waals surface area (Å²) in [5, 5.41) is 11.1. The Balaban J connectivity index is 0. The lowest BCUT2D eigenvalue weighted by molar-refractivity contribution is -0.133. The van der Waals surface area contributed by atoms with Crippen molar-refractivity contribution < 1.29 is 19.5 Å². The van der Waals surface area contributed by atoms with E-state index in [2.05, 4.69) is 45.0 Å². The predicted molar refractivity (Wildman–Crippen MR) is 123 cm³/mol. The molecule has 0 bridgehead atoms. The first-order chi connectivity index (χ1) is 13.8. The van der Waals surface area contributed by atoms with Crippen LogP contribution in [0.3, 0.4) is 0 Å². The Hall–Kier alpha value is -1.89. The van der Waals surface area contributed by atoms with Gasteiger partial charge in [0, 0.05) is 18.7 Å². The highest BCUT2D eigenvalue weighted by Crippen LogP contribution is 2.14. The number of hydrogen-bond acceptors (Lipinski definition) is 4. The average molecular weight is 428 g/mol. The maximum absolute atomic E-state index is 11.7. The van der Waals surface area contributed by atoms with Gasteiger partial charge in [-0.05, 0) is 52.1 Å². The Morgan fingerprint density at radius 2 is 1.73 bits per heavy atom. The van der Waals surface area contributed by atoms with Crippen molar-refractivity contribution in [3.63, 3.8) is 0 Å². The maximum Gasteiger partial charge on any atom is 0.331 e. The normalized spacial score (nSPS) is 17.8. The van der Waals surface area contributed by atoms with Gasteiger partial charge in [0.25, 0.3) is 0 Å². The van der Waals surface area contributed by atoms with E-state index in [1.807, 2.05) is 13.8 Å². The minimum atomic E-state index is -1.01. The molecule has 30 heavy (non-hydrogen) atoms. The number of carbonyl (C=O) groups is 3. The van der Waals surface area contributed by atoms with Crippen molar-refractivity contribution in [1.29, 1.82) is 0 Å². The predicted octanol–water partition coefficient (Wildman–Crippen LogP) is 3.40. The molecule has 2 atom stereocenters. The molecule has 1 aliphatic heterocycles. The summed E-state index contributed by atoms with van der Waals surface area (Å²) >= 11 is 0. The van der Waals surface area contributed by atoms with E-state index in [1.54, 1.807) is 13.1 Å². The summed E-state index contributed by atoms with van der Waals surface area (Å²) in [7, 11) is 3.80. The molecule has 7 heteroatoms. The molecule has 1 rings (SSSR count). The molecule has 0 aromatic rings. The lowest BCUT2D eigenvalue weighted by Crippen LogP contribution is -2.43. The zero-order valence-electron chi connectivity index (χ0n) is 20.6. The van der Waals surface area contributed by atoms with Gasteiger partial charge in [0.1, 0.15) is 0 Å². The summed E-state index contributed by atoms with van der Waals surface area (Å²) in [4.78, 5) is 36.5. The summed E-state index contributed by atoms with van der Waals surface area (Å²) < 4.78 is 0. The number of carboxylic acid groups (broad SMARTS) is 1. The molecule has 1 fully saturated rings. The van der Waals surface area contributed by atoms with Gasteiger partial charge in [-0.2, -0.15) is 0 Å². The Morgan fingerprint density at radius 1 is 1.20 bits per heavy atom. The minimum Gasteiger partial charge on any atom is -0.478 e. The van der Waals surface area contributed by atoms with Crippen LogP contribution in [0.15, 0.2) is 11.6 Å². The molecule has 0 radical (unpaired) electrons. The number of carboxylic acids is 1. The van der Waals surface area contributed by atoms with Crippen LogP contribution in [0.2, 0.25) is 0 Å². The van der Waals surface area contributed by atoms with Crippen LogP contribution in [0.4, 0.5) is 0 Å². The number of rotatable bonds is 7. The average Bonchev–Trinajstić information content (AvgIpc) is 2.65. The van der Waals surface area contributed by atoms with Crippen LogP contribution >= 0.6 is 0 Å².